The van der Waals surface area contributed by atoms with Gasteiger partial charge < -0.3 is 14.4 Å². The van der Waals surface area contributed by atoms with Crippen LogP contribution in [0.4, 0.5) is 11.5 Å². The molecule has 1 aromatic heterocycles. The molecule has 0 N–H and O–H groups in total. The lowest BCUT2D eigenvalue weighted by Crippen LogP contribution is -2.51. The van der Waals surface area contributed by atoms with Crippen LogP contribution in [0.5, 0.6) is 0 Å². The Morgan fingerprint density at radius 3 is 2.90 bits per heavy atom. The van der Waals surface area contributed by atoms with Crippen LogP contribution in [-0.4, -0.2) is 53.6 Å². The third-order valence-corrected chi connectivity index (χ3v) is 3.45. The van der Waals surface area contributed by atoms with Crippen LogP contribution in [0, 0.1) is 10.1 Å². The molecule has 0 radical (unpaired) electrons. The highest BCUT2D eigenvalue weighted by Gasteiger charge is 2.38. The van der Waals surface area contributed by atoms with E-state index in [-0.39, 0.29) is 12.3 Å². The van der Waals surface area contributed by atoms with Crippen LogP contribution in [0.15, 0.2) is 0 Å². The smallest absolute Gasteiger partial charge is 0.334 e. The molecule has 21 heavy (non-hydrogen) atoms. The number of methoxy groups -OCH3 is 1. The first kappa shape index (κ1) is 15.2. The Bertz CT molecular complexity index is 556. The van der Waals surface area contributed by atoms with Crippen molar-refractivity contribution in [3.8, 4) is 0 Å². The summed E-state index contributed by atoms with van der Waals surface area (Å²) in [5.41, 5.74) is 0.336. The second-order valence-corrected chi connectivity index (χ2v) is 4.66. The highest BCUT2D eigenvalue weighted by Crippen LogP contribution is 2.33. The molecule has 0 saturated carbocycles. The molecule has 0 amide bonds. The third-order valence-electron chi connectivity index (χ3n) is 3.45. The largest absolute Gasteiger partial charge is 0.467 e. The van der Waals surface area contributed by atoms with Gasteiger partial charge in [0.25, 0.3) is 0 Å². The molecule has 0 spiro atoms. The molecule has 1 aliphatic rings. The fourth-order valence-corrected chi connectivity index (χ4v) is 2.49. The second kappa shape index (κ2) is 6.08. The highest BCUT2D eigenvalue weighted by atomic mass is 16.6. The molecule has 9 nitrogen and oxygen atoms in total. The Morgan fingerprint density at radius 1 is 1.62 bits per heavy atom. The van der Waals surface area contributed by atoms with Gasteiger partial charge in [-0.15, -0.1) is 0 Å². The molecule has 116 valence electrons. The summed E-state index contributed by atoms with van der Waals surface area (Å²) in [6.07, 6.45) is 0.442. The molecule has 1 atom stereocenters. The minimum absolute atomic E-state index is 0.0594. The number of anilines is 1. The van der Waals surface area contributed by atoms with Crippen molar-refractivity contribution in [1.29, 1.82) is 0 Å². The number of aromatic nitrogens is 2. The van der Waals surface area contributed by atoms with E-state index in [9.17, 15) is 14.9 Å². The number of esters is 1. The fourth-order valence-electron chi connectivity index (χ4n) is 2.49. The van der Waals surface area contributed by atoms with E-state index in [0.717, 1.165) is 0 Å². The maximum Gasteiger partial charge on any atom is 0.334 e. The van der Waals surface area contributed by atoms with Gasteiger partial charge in [-0.25, -0.2) is 9.48 Å². The van der Waals surface area contributed by atoms with E-state index in [1.807, 2.05) is 0 Å². The second-order valence-electron chi connectivity index (χ2n) is 4.66. The van der Waals surface area contributed by atoms with E-state index in [2.05, 4.69) is 5.10 Å². The van der Waals surface area contributed by atoms with Crippen molar-refractivity contribution < 1.29 is 19.2 Å². The Labute approximate surface area is 121 Å². The molecule has 1 unspecified atom stereocenters. The number of aryl methyl sites for hydroxylation is 2. The number of carbonyl (C=O) groups is 1. The Hall–Kier alpha value is -2.16. The standard InChI is InChI=1S/C12H18N4O5/c1-4-8-10(16(18)19)11(14(2)13-8)15-5-6-21-7-9(15)12(17)20-3/h9H,4-7H2,1-3H3. The van der Waals surface area contributed by atoms with Crippen LogP contribution in [0.25, 0.3) is 0 Å². The van der Waals surface area contributed by atoms with Gasteiger partial charge in [-0.1, -0.05) is 6.92 Å². The van der Waals surface area contributed by atoms with Gasteiger partial charge in [0.05, 0.1) is 25.2 Å². The lowest BCUT2D eigenvalue weighted by atomic mass is 10.2. The molecule has 1 saturated heterocycles. The molecule has 1 aliphatic heterocycles. The summed E-state index contributed by atoms with van der Waals surface area (Å²) in [4.78, 5) is 24.4. The van der Waals surface area contributed by atoms with E-state index >= 15 is 0 Å². The van der Waals surface area contributed by atoms with Crippen molar-refractivity contribution in [2.75, 3.05) is 31.8 Å². The highest BCUT2D eigenvalue weighted by molar-refractivity contribution is 5.81. The minimum Gasteiger partial charge on any atom is -0.467 e. The van der Waals surface area contributed by atoms with Crippen LogP contribution in [0.2, 0.25) is 0 Å². The molecule has 0 aromatic carbocycles. The number of nitrogens with zero attached hydrogens (tertiary/aromatic N) is 4. The number of ether oxygens (including phenoxy) is 2. The van der Waals surface area contributed by atoms with Gasteiger partial charge >= 0.3 is 11.7 Å². The van der Waals surface area contributed by atoms with Crippen LogP contribution >= 0.6 is 0 Å². The molecule has 0 bridgehead atoms. The molecule has 9 heteroatoms. The summed E-state index contributed by atoms with van der Waals surface area (Å²) in [7, 11) is 2.91. The number of hydrogen-bond donors (Lipinski definition) is 0. The summed E-state index contributed by atoms with van der Waals surface area (Å²) < 4.78 is 11.5. The molecular formula is C12H18N4O5. The normalized spacial score (nSPS) is 18.6. The summed E-state index contributed by atoms with van der Waals surface area (Å²) in [6, 6.07) is -0.706. The van der Waals surface area contributed by atoms with Crippen molar-refractivity contribution in [2.24, 2.45) is 7.05 Å². The molecule has 1 aromatic rings. The first-order valence-electron chi connectivity index (χ1n) is 6.63. The number of carbonyl (C=O) groups excluding carboxylic acids is 1. The van der Waals surface area contributed by atoms with Crippen LogP contribution in [0.3, 0.4) is 0 Å². The first-order valence-corrected chi connectivity index (χ1v) is 6.63. The van der Waals surface area contributed by atoms with Gasteiger partial charge in [0.1, 0.15) is 5.69 Å². The van der Waals surface area contributed by atoms with E-state index < -0.39 is 16.9 Å². The van der Waals surface area contributed by atoms with E-state index in [0.29, 0.717) is 31.1 Å². The molecule has 0 aliphatic carbocycles. The zero-order chi connectivity index (χ0) is 15.6. The lowest BCUT2D eigenvalue weighted by Gasteiger charge is -2.34. The van der Waals surface area contributed by atoms with Gasteiger partial charge in [-0.3, -0.25) is 10.1 Å². The summed E-state index contributed by atoms with van der Waals surface area (Å²) >= 11 is 0. The molecule has 2 heterocycles. The van der Waals surface area contributed by atoms with E-state index in [1.54, 1.807) is 18.9 Å². The van der Waals surface area contributed by atoms with Gasteiger partial charge in [-0.05, 0) is 6.42 Å². The molecule has 1 fully saturated rings. The summed E-state index contributed by atoms with van der Waals surface area (Å²) in [6.45, 7) is 2.69. The average Bonchev–Trinajstić information content (AvgIpc) is 2.83. The summed E-state index contributed by atoms with van der Waals surface area (Å²) in [5, 5.41) is 15.6. The van der Waals surface area contributed by atoms with Crippen molar-refractivity contribution in [2.45, 2.75) is 19.4 Å². The quantitative estimate of drug-likeness (QED) is 0.447. The average molecular weight is 298 g/mol. The predicted molar refractivity (Wildman–Crippen MR) is 73.2 cm³/mol. The van der Waals surface area contributed by atoms with Crippen molar-refractivity contribution in [3.05, 3.63) is 15.8 Å². The van der Waals surface area contributed by atoms with Crippen molar-refractivity contribution in [1.82, 2.24) is 9.78 Å². The third kappa shape index (κ3) is 2.68. The number of morpholine rings is 1. The number of rotatable bonds is 4. The first-order chi connectivity index (χ1) is 10.0. The van der Waals surface area contributed by atoms with Crippen LogP contribution < -0.4 is 4.90 Å². The lowest BCUT2D eigenvalue weighted by molar-refractivity contribution is -0.384. The summed E-state index contributed by atoms with van der Waals surface area (Å²) in [5.74, 6) is -0.168. The SMILES string of the molecule is CCc1nn(C)c(N2CCOCC2C(=O)OC)c1[N+](=O)[O-]. The van der Waals surface area contributed by atoms with Crippen LogP contribution in [0.1, 0.15) is 12.6 Å². The minimum atomic E-state index is -0.706. The van der Waals surface area contributed by atoms with E-state index in [4.69, 9.17) is 9.47 Å². The number of hydrogen-bond acceptors (Lipinski definition) is 7. The molecule has 2 rings (SSSR count). The predicted octanol–water partition coefficient (Wildman–Crippen LogP) is 0.269. The Kier molecular flexibility index (Phi) is 4.41. The maximum atomic E-state index is 11.9. The Morgan fingerprint density at radius 2 is 2.33 bits per heavy atom. The van der Waals surface area contributed by atoms with Gasteiger partial charge in [-0.2, -0.15) is 5.10 Å². The Balaban J connectivity index is 2.50. The van der Waals surface area contributed by atoms with Gasteiger partial charge in [0, 0.05) is 13.6 Å². The van der Waals surface area contributed by atoms with Crippen molar-refractivity contribution >= 4 is 17.5 Å². The van der Waals surface area contributed by atoms with Crippen molar-refractivity contribution in [3.63, 3.8) is 0 Å². The zero-order valence-corrected chi connectivity index (χ0v) is 12.2. The van der Waals surface area contributed by atoms with Gasteiger partial charge in [0.2, 0.25) is 5.82 Å². The topological polar surface area (TPSA) is 99.7 Å². The van der Waals surface area contributed by atoms with Gasteiger partial charge in [0.15, 0.2) is 6.04 Å². The maximum absolute atomic E-state index is 11.9. The molecular weight excluding hydrogens is 280 g/mol. The number of nitro groups is 1. The fraction of sp³-hybridized carbons (Fsp3) is 0.667. The zero-order valence-electron chi connectivity index (χ0n) is 12.2. The monoisotopic (exact) mass is 298 g/mol. The van der Waals surface area contributed by atoms with Crippen LogP contribution in [-0.2, 0) is 27.7 Å². The van der Waals surface area contributed by atoms with E-state index in [1.165, 1.54) is 11.8 Å².